The number of hydrogen-bond donors (Lipinski definition) is 0. The van der Waals surface area contributed by atoms with Gasteiger partial charge in [-0.3, -0.25) is 4.79 Å². The lowest BCUT2D eigenvalue weighted by Crippen LogP contribution is -2.47. The molecule has 0 unspecified atom stereocenters. The number of carbonyl (C=O) groups is 2. The van der Waals surface area contributed by atoms with Gasteiger partial charge in [0.25, 0.3) is 5.91 Å². The number of carbonyl (C=O) groups excluding carboxylic acids is 2. The summed E-state index contributed by atoms with van der Waals surface area (Å²) in [4.78, 5) is 33.2. The first-order valence-electron chi connectivity index (χ1n) is 11.7. The Morgan fingerprint density at radius 3 is 2.19 bits per heavy atom. The second-order valence-corrected chi connectivity index (χ2v) is 8.56. The van der Waals surface area contributed by atoms with E-state index in [0.29, 0.717) is 17.2 Å². The molecule has 2 amide bonds. The van der Waals surface area contributed by atoms with Crippen LogP contribution in [0.3, 0.4) is 0 Å². The fraction of sp³-hybridized carbons (Fsp3) is 0.250. The van der Waals surface area contributed by atoms with Crippen molar-refractivity contribution in [2.75, 3.05) is 20.8 Å². The number of benzene rings is 3. The van der Waals surface area contributed by atoms with E-state index < -0.39 is 24.1 Å². The van der Waals surface area contributed by atoms with Crippen LogP contribution >= 0.6 is 0 Å². The van der Waals surface area contributed by atoms with E-state index in [9.17, 15) is 9.59 Å². The number of rotatable bonds is 7. The topological polar surface area (TPSA) is 86.7 Å². The van der Waals surface area contributed by atoms with Crippen molar-refractivity contribution >= 4 is 17.7 Å². The Kier molecular flexibility index (Phi) is 6.58. The summed E-state index contributed by atoms with van der Waals surface area (Å²) in [7, 11) is 3.11. The number of cyclic esters (lactones) is 1. The van der Waals surface area contributed by atoms with Crippen molar-refractivity contribution in [1.82, 2.24) is 4.90 Å². The van der Waals surface area contributed by atoms with Crippen molar-refractivity contribution in [3.63, 3.8) is 0 Å². The van der Waals surface area contributed by atoms with Gasteiger partial charge in [-0.15, -0.1) is 0 Å². The molecular weight excluding hydrogens is 460 g/mol. The van der Waals surface area contributed by atoms with E-state index in [-0.39, 0.29) is 18.9 Å². The number of oxime groups is 1. The van der Waals surface area contributed by atoms with Gasteiger partial charge in [-0.25, -0.2) is 9.69 Å². The van der Waals surface area contributed by atoms with Crippen LogP contribution in [-0.2, 0) is 14.4 Å². The van der Waals surface area contributed by atoms with Crippen molar-refractivity contribution < 1.29 is 28.6 Å². The molecule has 8 nitrogen and oxygen atoms in total. The first-order chi connectivity index (χ1) is 17.6. The Morgan fingerprint density at radius 1 is 0.944 bits per heavy atom. The normalized spacial score (nSPS) is 19.0. The van der Waals surface area contributed by atoms with E-state index in [4.69, 9.17) is 19.0 Å². The third-order valence-electron chi connectivity index (χ3n) is 6.51. The summed E-state index contributed by atoms with van der Waals surface area (Å²) in [6.07, 6.45) is -1.40. The summed E-state index contributed by atoms with van der Waals surface area (Å²) >= 11 is 0. The molecule has 0 radical (unpaired) electrons. The fourth-order valence-corrected chi connectivity index (χ4v) is 4.74. The molecule has 2 atom stereocenters. The number of ether oxygens (including phenoxy) is 3. The van der Waals surface area contributed by atoms with Crippen LogP contribution in [-0.4, -0.2) is 55.6 Å². The second-order valence-electron chi connectivity index (χ2n) is 8.56. The minimum Gasteiger partial charge on any atom is -0.493 e. The monoisotopic (exact) mass is 486 g/mol. The predicted octanol–water partition coefficient (Wildman–Crippen LogP) is 4.38. The molecule has 0 N–H and O–H groups in total. The fourth-order valence-electron chi connectivity index (χ4n) is 4.74. The van der Waals surface area contributed by atoms with Crippen LogP contribution in [0.5, 0.6) is 11.5 Å². The summed E-state index contributed by atoms with van der Waals surface area (Å²) in [5.41, 5.74) is 3.30. The number of hydrogen-bond acceptors (Lipinski definition) is 7. The Morgan fingerprint density at radius 2 is 1.58 bits per heavy atom. The Balaban J connectivity index is 1.40. The molecule has 184 valence electrons. The molecule has 0 aromatic heterocycles. The van der Waals surface area contributed by atoms with E-state index in [0.717, 1.165) is 16.7 Å². The van der Waals surface area contributed by atoms with Crippen LogP contribution in [0, 0.1) is 0 Å². The molecule has 1 fully saturated rings. The molecule has 2 aliphatic rings. The maximum Gasteiger partial charge on any atom is 0.417 e. The lowest BCUT2D eigenvalue weighted by molar-refractivity contribution is -0.140. The van der Waals surface area contributed by atoms with E-state index in [1.165, 1.54) is 4.90 Å². The molecule has 3 aromatic carbocycles. The van der Waals surface area contributed by atoms with Crippen LogP contribution in [0.2, 0.25) is 0 Å². The van der Waals surface area contributed by atoms with Crippen LogP contribution in [0.4, 0.5) is 4.79 Å². The highest BCUT2D eigenvalue weighted by Crippen LogP contribution is 2.36. The molecule has 5 rings (SSSR count). The van der Waals surface area contributed by atoms with E-state index in [2.05, 4.69) is 5.16 Å². The van der Waals surface area contributed by atoms with Gasteiger partial charge in [0, 0.05) is 17.9 Å². The highest BCUT2D eigenvalue weighted by molar-refractivity contribution is 6.06. The Bertz CT molecular complexity index is 1240. The minimum absolute atomic E-state index is 0.0924. The average molecular weight is 487 g/mol. The van der Waals surface area contributed by atoms with Crippen LogP contribution in [0.15, 0.2) is 84.0 Å². The Hall–Kier alpha value is -4.33. The predicted molar refractivity (Wildman–Crippen MR) is 132 cm³/mol. The highest BCUT2D eigenvalue weighted by atomic mass is 16.6. The average Bonchev–Trinajstić information content (AvgIpc) is 3.57. The molecular formula is C28H26N2O6. The quantitative estimate of drug-likeness (QED) is 0.493. The van der Waals surface area contributed by atoms with Crippen molar-refractivity contribution in [2.24, 2.45) is 5.16 Å². The lowest BCUT2D eigenvalue weighted by Gasteiger charge is -2.29. The van der Waals surface area contributed by atoms with Gasteiger partial charge in [0.2, 0.25) is 6.10 Å². The van der Waals surface area contributed by atoms with Gasteiger partial charge >= 0.3 is 6.09 Å². The van der Waals surface area contributed by atoms with Crippen molar-refractivity contribution in [1.29, 1.82) is 0 Å². The van der Waals surface area contributed by atoms with Crippen LogP contribution in [0.25, 0.3) is 0 Å². The van der Waals surface area contributed by atoms with Crippen molar-refractivity contribution in [3.8, 4) is 11.5 Å². The van der Waals surface area contributed by atoms with Crippen LogP contribution < -0.4 is 9.47 Å². The second kappa shape index (κ2) is 10.1. The van der Waals surface area contributed by atoms with Crippen molar-refractivity contribution in [3.05, 3.63) is 95.6 Å². The molecule has 0 bridgehead atoms. The largest absolute Gasteiger partial charge is 0.493 e. The van der Waals surface area contributed by atoms with Crippen LogP contribution in [0.1, 0.15) is 29.0 Å². The molecule has 3 aromatic rings. The number of amides is 2. The van der Waals surface area contributed by atoms with Gasteiger partial charge in [0.15, 0.2) is 11.5 Å². The summed E-state index contributed by atoms with van der Waals surface area (Å²) in [5.74, 6) is 0.405. The zero-order chi connectivity index (χ0) is 25.1. The summed E-state index contributed by atoms with van der Waals surface area (Å²) in [6.45, 7) is 0.0924. The third kappa shape index (κ3) is 4.37. The highest BCUT2D eigenvalue weighted by Gasteiger charge is 2.47. The van der Waals surface area contributed by atoms with Gasteiger partial charge in [0.1, 0.15) is 6.61 Å². The molecule has 0 saturated carbocycles. The zero-order valence-corrected chi connectivity index (χ0v) is 20.0. The van der Waals surface area contributed by atoms with E-state index >= 15 is 0 Å². The lowest BCUT2D eigenvalue weighted by atomic mass is 9.84. The molecule has 2 aliphatic heterocycles. The van der Waals surface area contributed by atoms with E-state index in [1.54, 1.807) is 26.4 Å². The molecule has 2 heterocycles. The standard InChI is InChI=1S/C28H26N2O6/c1-33-23-14-13-20(15-24(23)34-2)21-16-25(36-29-21)27(31)30-22(17-35-28(30)32)26(18-9-5-3-6-10-18)19-11-7-4-8-12-19/h3-15,22,25-26H,16-17H2,1-2H3/t22-,25-/m1/s1. The maximum atomic E-state index is 13.6. The Labute approximate surface area is 209 Å². The zero-order valence-electron chi connectivity index (χ0n) is 20.0. The molecule has 0 spiro atoms. The summed E-state index contributed by atoms with van der Waals surface area (Å²) in [6, 6.07) is 24.5. The molecule has 0 aliphatic carbocycles. The SMILES string of the molecule is COc1ccc(C2=NO[C@@H](C(=O)N3C(=O)OC[C@@H]3C(c3ccccc3)c3ccccc3)C2)cc1OC. The smallest absolute Gasteiger partial charge is 0.417 e. The van der Waals surface area contributed by atoms with Gasteiger partial charge in [-0.05, 0) is 29.3 Å². The van der Waals surface area contributed by atoms with Gasteiger partial charge in [-0.2, -0.15) is 0 Å². The van der Waals surface area contributed by atoms with Gasteiger partial charge in [-0.1, -0.05) is 65.8 Å². The molecule has 36 heavy (non-hydrogen) atoms. The minimum atomic E-state index is -0.937. The first kappa shape index (κ1) is 23.4. The number of methoxy groups -OCH3 is 2. The van der Waals surface area contributed by atoms with Gasteiger partial charge in [0.05, 0.1) is 26.0 Å². The maximum absolute atomic E-state index is 13.6. The summed E-state index contributed by atoms with van der Waals surface area (Å²) < 4.78 is 16.1. The number of imide groups is 1. The number of nitrogens with zero attached hydrogens (tertiary/aromatic N) is 2. The van der Waals surface area contributed by atoms with Gasteiger partial charge < -0.3 is 19.0 Å². The van der Waals surface area contributed by atoms with Crippen molar-refractivity contribution in [2.45, 2.75) is 24.5 Å². The first-order valence-corrected chi connectivity index (χ1v) is 11.7. The molecule has 1 saturated heterocycles. The van der Waals surface area contributed by atoms with E-state index in [1.807, 2.05) is 66.7 Å². The third-order valence-corrected chi connectivity index (χ3v) is 6.51. The molecule has 8 heteroatoms. The summed E-state index contributed by atoms with van der Waals surface area (Å²) in [5, 5.41) is 4.14.